The third-order valence-corrected chi connectivity index (χ3v) is 12.9. The Labute approximate surface area is 493 Å². The molecule has 1 heterocycles. The molecule has 1 aliphatic heterocycles. The van der Waals surface area contributed by atoms with Crippen molar-refractivity contribution in [3.8, 4) is 33.8 Å². The van der Waals surface area contributed by atoms with Crippen LogP contribution in [-0.2, 0) is 51.0 Å². The number of ether oxygens (including phenoxy) is 6. The number of carbonyl (C=O) groups excluding carboxylic acids is 8. The van der Waals surface area contributed by atoms with E-state index in [1.807, 2.05) is 24.3 Å². The van der Waals surface area contributed by atoms with E-state index in [1.165, 1.54) is 31.5 Å². The van der Waals surface area contributed by atoms with Crippen molar-refractivity contribution in [1.29, 1.82) is 0 Å². The Morgan fingerprint density at radius 1 is 0.643 bits per heavy atom. The molecule has 4 aromatic carbocycles. The van der Waals surface area contributed by atoms with Crippen LogP contribution in [0.25, 0.3) is 22.3 Å². The number of nitrogens with zero attached hydrogens (tertiary/aromatic N) is 1. The number of likely N-dealkylation sites (N-methyl/N-ethyl adjacent to an activating group) is 1. The maximum atomic E-state index is 15.3. The molecule has 84 heavy (non-hydrogen) atoms. The molecule has 0 saturated heterocycles. The number of aryl methyl sites for hydroxylation is 1. The molecular weight excluding hydrogens is 1080 g/mol. The predicted molar refractivity (Wildman–Crippen MR) is 317 cm³/mol. The van der Waals surface area contributed by atoms with Crippen molar-refractivity contribution < 1.29 is 66.8 Å². The first kappa shape index (κ1) is 66.4. The van der Waals surface area contributed by atoms with Crippen LogP contribution in [0, 0.1) is 0 Å². The minimum Gasteiger partial charge on any atom is -0.491 e. The van der Waals surface area contributed by atoms with Gasteiger partial charge in [0.1, 0.15) is 65.7 Å². The molecule has 7 amide bonds. The summed E-state index contributed by atoms with van der Waals surface area (Å²) < 4.78 is 34.1. The van der Waals surface area contributed by atoms with Crippen LogP contribution in [0.1, 0.15) is 135 Å². The van der Waals surface area contributed by atoms with Gasteiger partial charge in [0.05, 0.1) is 20.2 Å². The van der Waals surface area contributed by atoms with Gasteiger partial charge in [-0.25, -0.2) is 19.2 Å². The van der Waals surface area contributed by atoms with E-state index in [0.717, 1.165) is 30.4 Å². The van der Waals surface area contributed by atoms with E-state index >= 15 is 9.59 Å². The first-order valence-corrected chi connectivity index (χ1v) is 28.4. The summed E-state index contributed by atoms with van der Waals surface area (Å²) in [5.41, 5.74) is 2.50. The third-order valence-electron chi connectivity index (χ3n) is 12.9. The number of hydrogen-bond acceptors (Lipinski definition) is 14. The fourth-order valence-electron chi connectivity index (χ4n) is 8.87. The molecule has 456 valence electrons. The van der Waals surface area contributed by atoms with Crippen LogP contribution in [0.15, 0.2) is 84.9 Å². The molecule has 0 unspecified atom stereocenters. The van der Waals surface area contributed by atoms with Crippen LogP contribution in [0.3, 0.4) is 0 Å². The van der Waals surface area contributed by atoms with Gasteiger partial charge in [-0.1, -0.05) is 61.9 Å². The van der Waals surface area contributed by atoms with Crippen LogP contribution in [-0.4, -0.2) is 135 Å². The molecule has 1 aliphatic rings. The number of amides is 7. The molecule has 21 nitrogen and oxygen atoms in total. The lowest BCUT2D eigenvalue weighted by atomic mass is 9.93. The number of nitrogens with one attached hydrogen (secondary N) is 6. The van der Waals surface area contributed by atoms with Crippen molar-refractivity contribution in [3.05, 3.63) is 107 Å². The second kappa shape index (κ2) is 30.3. The summed E-state index contributed by atoms with van der Waals surface area (Å²) in [7, 11) is 2.58. The van der Waals surface area contributed by atoms with Crippen LogP contribution in [0.2, 0.25) is 0 Å². The number of alkyl carbamates (subject to hydrolysis) is 3. The summed E-state index contributed by atoms with van der Waals surface area (Å²) in [6.07, 6.45) is 1.25. The molecule has 0 aliphatic carbocycles. The molecule has 4 atom stereocenters. The van der Waals surface area contributed by atoms with Crippen molar-refractivity contribution in [2.45, 2.75) is 156 Å². The number of hydrogen-bond donors (Lipinski definition) is 6. The van der Waals surface area contributed by atoms with Gasteiger partial charge in [-0.3, -0.25) is 19.2 Å². The number of carbonyl (C=O) groups is 8. The zero-order valence-electron chi connectivity index (χ0n) is 50.8. The van der Waals surface area contributed by atoms with Crippen molar-refractivity contribution in [2.75, 3.05) is 47.0 Å². The molecule has 0 saturated carbocycles. The molecule has 4 aromatic rings. The van der Waals surface area contributed by atoms with Gasteiger partial charge in [0.2, 0.25) is 17.7 Å². The van der Waals surface area contributed by atoms with E-state index in [4.69, 9.17) is 28.4 Å². The van der Waals surface area contributed by atoms with Crippen LogP contribution < -0.4 is 41.4 Å². The first-order valence-electron chi connectivity index (χ1n) is 28.4. The van der Waals surface area contributed by atoms with Gasteiger partial charge in [0.15, 0.2) is 0 Å². The highest BCUT2D eigenvalue weighted by molar-refractivity contribution is 5.99. The minimum atomic E-state index is -1.52. The van der Waals surface area contributed by atoms with Crippen molar-refractivity contribution in [2.24, 2.45) is 0 Å². The molecule has 0 fully saturated rings. The summed E-state index contributed by atoms with van der Waals surface area (Å²) in [6, 6.07) is 19.8. The highest BCUT2D eigenvalue weighted by Gasteiger charge is 2.37. The minimum absolute atomic E-state index is 0.00797. The number of unbranched alkanes of at least 4 members (excludes halogenated alkanes) is 1. The van der Waals surface area contributed by atoms with Gasteiger partial charge >= 0.3 is 24.2 Å². The van der Waals surface area contributed by atoms with Gasteiger partial charge in [-0.05, 0) is 159 Å². The normalized spacial score (nSPS) is 15.8. The fraction of sp³-hybridized carbons (Fsp3) is 0.492. The number of esters is 1. The molecule has 6 N–H and O–H groups in total. The zero-order valence-corrected chi connectivity index (χ0v) is 50.8. The zero-order chi connectivity index (χ0) is 61.9. The summed E-state index contributed by atoms with van der Waals surface area (Å²) in [6.45, 7) is 19.1. The second-order valence-corrected chi connectivity index (χ2v) is 23.5. The summed E-state index contributed by atoms with van der Waals surface area (Å²) in [4.78, 5) is 111. The monoisotopic (exact) mass is 1160 g/mol. The summed E-state index contributed by atoms with van der Waals surface area (Å²) >= 11 is 0. The lowest BCUT2D eigenvalue weighted by molar-refractivity contribution is -0.145. The van der Waals surface area contributed by atoms with E-state index in [2.05, 4.69) is 51.0 Å². The van der Waals surface area contributed by atoms with E-state index < -0.39 is 88.8 Å². The number of rotatable bonds is 21. The highest BCUT2D eigenvalue weighted by atomic mass is 16.6. The average molecular weight is 1160 g/mol. The van der Waals surface area contributed by atoms with E-state index in [0.29, 0.717) is 16.7 Å². The van der Waals surface area contributed by atoms with E-state index in [-0.39, 0.29) is 74.7 Å². The van der Waals surface area contributed by atoms with Crippen molar-refractivity contribution >= 4 is 47.9 Å². The maximum Gasteiger partial charge on any atom is 0.407 e. The van der Waals surface area contributed by atoms with Crippen LogP contribution in [0.5, 0.6) is 11.5 Å². The van der Waals surface area contributed by atoms with E-state index in [9.17, 15) is 28.8 Å². The van der Waals surface area contributed by atoms with Crippen LogP contribution in [0.4, 0.5) is 14.4 Å². The summed E-state index contributed by atoms with van der Waals surface area (Å²) in [5, 5.41) is 16.4. The van der Waals surface area contributed by atoms with Gasteiger partial charge in [0, 0.05) is 36.7 Å². The SMILES string of the molecule is CCCCc1ccc(-c2ccc(C(=O)N[C@@H](CCCNC(=O)OC(C)(C)C)C(=O)N(C)[C@@H]3C(=O)N[C@@H](C)C(=O)N[C@H](C(=O)OC)Cc4ccc(OCCNC(=O)OC(C)(C)C)c(c4)-c4cc3ccc4OCCNC(=O)OC(C)(C)C)cc2)cc1. The predicted octanol–water partition coefficient (Wildman–Crippen LogP) is 8.49. The number of fused-ring (bicyclic) bond motifs is 5. The number of methoxy groups -OCH3 is 1. The first-order chi connectivity index (χ1) is 39.5. The molecular formula is C63H85N7O14. The third kappa shape index (κ3) is 21.1. The molecule has 0 aromatic heterocycles. The van der Waals surface area contributed by atoms with Crippen molar-refractivity contribution in [3.63, 3.8) is 0 Å². The van der Waals surface area contributed by atoms with Gasteiger partial charge in [-0.2, -0.15) is 0 Å². The molecule has 0 radical (unpaired) electrons. The van der Waals surface area contributed by atoms with Gasteiger partial charge < -0.3 is 65.2 Å². The quantitative estimate of drug-likeness (QED) is 0.0260. The smallest absolute Gasteiger partial charge is 0.407 e. The van der Waals surface area contributed by atoms with Gasteiger partial charge in [0.25, 0.3) is 5.91 Å². The molecule has 5 rings (SSSR count). The Balaban J connectivity index is 1.60. The largest absolute Gasteiger partial charge is 0.491 e. The van der Waals surface area contributed by atoms with Crippen molar-refractivity contribution in [1.82, 2.24) is 36.8 Å². The molecule has 0 spiro atoms. The average Bonchev–Trinajstić information content (AvgIpc) is 2.35. The second-order valence-electron chi connectivity index (χ2n) is 23.5. The summed E-state index contributed by atoms with van der Waals surface area (Å²) in [5.74, 6) is -3.10. The Kier molecular flexibility index (Phi) is 23.9. The Morgan fingerprint density at radius 2 is 1.15 bits per heavy atom. The van der Waals surface area contributed by atoms with E-state index in [1.54, 1.807) is 111 Å². The van der Waals surface area contributed by atoms with Gasteiger partial charge in [-0.15, -0.1) is 0 Å². The lowest BCUT2D eigenvalue weighted by Gasteiger charge is -2.32. The number of benzene rings is 4. The van der Waals surface area contributed by atoms with Crippen LogP contribution >= 0.6 is 0 Å². The highest BCUT2D eigenvalue weighted by Crippen LogP contribution is 2.40. The standard InChI is InChI=1S/C63H85N7O14/c1-14-15-17-40-19-22-42(23-20-40)43-24-26-44(27-25-43)54(72)68-48(18-16-31-64-58(76)82-61(3,4)5)56(74)70(12)52-45-28-30-51(81-35-33-66-60(78)84-63(9,10)11)47(38-45)46-36-41(21-29-50(46)80-34-32-65-59(77)83-62(6,7)8)37-49(57(75)79-13)69-53(71)39(2)67-55(52)73/h19-30,36,38-39,48-49,52H,14-18,31-35,37H2,1-13H3,(H,64,76)(H,65,77)(H,66,78)(H,67,73)(H,68,72)(H,69,71)/t39-,48-,49-,52-/m0/s1. The molecule has 4 bridgehead atoms. The lowest BCUT2D eigenvalue weighted by Crippen LogP contribution is -2.55. The molecule has 21 heteroatoms. The Bertz CT molecular complexity index is 2930. The Hall–Kier alpha value is -8.36. The maximum absolute atomic E-state index is 15.3. The topological polar surface area (TPSA) is 267 Å². The Morgan fingerprint density at radius 3 is 1.68 bits per heavy atom. The fourth-order valence-corrected chi connectivity index (χ4v) is 8.87.